The van der Waals surface area contributed by atoms with E-state index in [0.717, 1.165) is 0 Å². The fourth-order valence-electron chi connectivity index (χ4n) is 2.44. The summed E-state index contributed by atoms with van der Waals surface area (Å²) in [5.41, 5.74) is 0.610. The third kappa shape index (κ3) is 7.03. The molecule has 0 heterocycles. The summed E-state index contributed by atoms with van der Waals surface area (Å²) in [5, 5.41) is 13.6. The van der Waals surface area contributed by atoms with E-state index >= 15 is 0 Å². The van der Waals surface area contributed by atoms with E-state index in [-0.39, 0.29) is 11.5 Å². The van der Waals surface area contributed by atoms with Gasteiger partial charge in [-0.25, -0.2) is 8.42 Å². The molecule has 0 aliphatic heterocycles. The largest absolute Gasteiger partial charge is 0.491 e. The molecule has 6 nitrogen and oxygen atoms in total. The number of benzene rings is 2. The molecule has 2 rings (SSSR count). The van der Waals surface area contributed by atoms with Gasteiger partial charge < -0.3 is 19.9 Å². The van der Waals surface area contributed by atoms with Crippen LogP contribution in [-0.2, 0) is 9.84 Å². The van der Waals surface area contributed by atoms with Crippen molar-refractivity contribution < 1.29 is 23.0 Å². The molecule has 1 atom stereocenters. The van der Waals surface area contributed by atoms with E-state index in [1.54, 1.807) is 31.2 Å². The minimum atomic E-state index is -3.26. The number of ether oxygens (including phenoxy) is 2. The quantitative estimate of drug-likeness (QED) is 0.582. The summed E-state index contributed by atoms with van der Waals surface area (Å²) in [5.74, 6) is 1.14. The Labute approximate surface area is 165 Å². The second-order valence-corrected chi connectivity index (χ2v) is 8.54. The lowest BCUT2D eigenvalue weighted by Crippen LogP contribution is -2.33. The van der Waals surface area contributed by atoms with E-state index in [2.05, 4.69) is 5.32 Å². The molecular formula is C19H24ClNO5S. The van der Waals surface area contributed by atoms with E-state index in [1.807, 2.05) is 12.1 Å². The SMILES string of the molecule is Cc1cc(OCC(O)CNCCOc2ccccc2Cl)ccc1S(C)(=O)=O. The van der Waals surface area contributed by atoms with Gasteiger partial charge in [-0.3, -0.25) is 0 Å². The molecule has 1 unspecified atom stereocenters. The number of hydrogen-bond acceptors (Lipinski definition) is 6. The molecule has 0 amide bonds. The average Bonchev–Trinajstić information content (AvgIpc) is 2.60. The number of aliphatic hydroxyl groups is 1. The van der Waals surface area contributed by atoms with Gasteiger partial charge in [-0.05, 0) is 42.8 Å². The number of aliphatic hydroxyl groups excluding tert-OH is 1. The summed E-state index contributed by atoms with van der Waals surface area (Å²) in [6, 6.07) is 12.0. The number of sulfone groups is 1. The van der Waals surface area contributed by atoms with Crippen molar-refractivity contribution >= 4 is 21.4 Å². The summed E-state index contributed by atoms with van der Waals surface area (Å²) < 4.78 is 34.3. The van der Waals surface area contributed by atoms with Gasteiger partial charge in [-0.2, -0.15) is 0 Å². The lowest BCUT2D eigenvalue weighted by molar-refractivity contribution is 0.105. The second kappa shape index (κ2) is 9.94. The van der Waals surface area contributed by atoms with Gasteiger partial charge in [0.25, 0.3) is 0 Å². The minimum absolute atomic E-state index is 0.0933. The molecule has 0 spiro atoms. The Hall–Kier alpha value is -1.80. The second-order valence-electron chi connectivity index (χ2n) is 6.15. The molecule has 148 valence electrons. The Morgan fingerprint density at radius 3 is 2.59 bits per heavy atom. The molecule has 2 N–H and O–H groups in total. The average molecular weight is 414 g/mol. The zero-order valence-corrected chi connectivity index (χ0v) is 16.9. The van der Waals surface area contributed by atoms with Crippen molar-refractivity contribution in [2.24, 2.45) is 0 Å². The van der Waals surface area contributed by atoms with E-state index in [1.165, 1.54) is 12.3 Å². The van der Waals surface area contributed by atoms with Gasteiger partial charge in [-0.1, -0.05) is 23.7 Å². The predicted octanol–water partition coefficient (Wildman–Crippen LogP) is 2.46. The first-order chi connectivity index (χ1) is 12.8. The van der Waals surface area contributed by atoms with Crippen LogP contribution in [-0.4, -0.2) is 52.2 Å². The minimum Gasteiger partial charge on any atom is -0.491 e. The van der Waals surface area contributed by atoms with Gasteiger partial charge in [-0.15, -0.1) is 0 Å². The van der Waals surface area contributed by atoms with Crippen molar-refractivity contribution in [1.82, 2.24) is 5.32 Å². The van der Waals surface area contributed by atoms with Crippen LogP contribution in [0.15, 0.2) is 47.4 Å². The molecule has 0 aromatic heterocycles. The summed E-state index contributed by atoms with van der Waals surface area (Å²) in [4.78, 5) is 0.274. The maximum Gasteiger partial charge on any atom is 0.175 e. The first-order valence-corrected chi connectivity index (χ1v) is 10.7. The molecule has 0 aliphatic rings. The highest BCUT2D eigenvalue weighted by Gasteiger charge is 2.12. The highest BCUT2D eigenvalue weighted by molar-refractivity contribution is 7.90. The Kier molecular flexibility index (Phi) is 7.91. The highest BCUT2D eigenvalue weighted by atomic mass is 35.5. The van der Waals surface area contributed by atoms with Crippen molar-refractivity contribution in [1.29, 1.82) is 0 Å². The van der Waals surface area contributed by atoms with Crippen molar-refractivity contribution in [3.8, 4) is 11.5 Å². The number of nitrogens with one attached hydrogen (secondary N) is 1. The molecule has 27 heavy (non-hydrogen) atoms. The third-order valence-corrected chi connectivity index (χ3v) is 5.31. The molecular weight excluding hydrogens is 390 g/mol. The van der Waals surface area contributed by atoms with Crippen LogP contribution < -0.4 is 14.8 Å². The molecule has 0 bridgehead atoms. The van der Waals surface area contributed by atoms with E-state index in [0.29, 0.717) is 41.8 Å². The zero-order valence-electron chi connectivity index (χ0n) is 15.3. The fourth-order valence-corrected chi connectivity index (χ4v) is 3.59. The summed E-state index contributed by atoms with van der Waals surface area (Å²) in [6.45, 7) is 3.11. The molecule has 0 aliphatic carbocycles. The highest BCUT2D eigenvalue weighted by Crippen LogP contribution is 2.23. The number of rotatable bonds is 10. The Balaban J connectivity index is 1.68. The van der Waals surface area contributed by atoms with Crippen molar-refractivity contribution in [2.45, 2.75) is 17.9 Å². The predicted molar refractivity (Wildman–Crippen MR) is 106 cm³/mol. The zero-order chi connectivity index (χ0) is 19.9. The monoisotopic (exact) mass is 413 g/mol. The molecule has 0 fully saturated rings. The van der Waals surface area contributed by atoms with Crippen LogP contribution >= 0.6 is 11.6 Å². The Morgan fingerprint density at radius 1 is 1.19 bits per heavy atom. The third-order valence-electron chi connectivity index (χ3n) is 3.74. The number of aryl methyl sites for hydroxylation is 1. The molecule has 0 saturated heterocycles. The van der Waals surface area contributed by atoms with Gasteiger partial charge in [0, 0.05) is 19.3 Å². The van der Waals surface area contributed by atoms with Crippen molar-refractivity contribution in [3.05, 3.63) is 53.1 Å². The maximum absolute atomic E-state index is 11.6. The van der Waals surface area contributed by atoms with E-state index < -0.39 is 15.9 Å². The molecule has 2 aromatic carbocycles. The normalized spacial score (nSPS) is 12.6. The van der Waals surface area contributed by atoms with Crippen LogP contribution in [0.2, 0.25) is 5.02 Å². The van der Waals surface area contributed by atoms with Crippen molar-refractivity contribution in [3.63, 3.8) is 0 Å². The number of halogens is 1. The molecule has 0 radical (unpaired) electrons. The smallest absolute Gasteiger partial charge is 0.175 e. The molecule has 0 saturated carbocycles. The van der Waals surface area contributed by atoms with E-state index in [9.17, 15) is 13.5 Å². The first kappa shape index (κ1) is 21.5. The van der Waals surface area contributed by atoms with Crippen molar-refractivity contribution in [2.75, 3.05) is 32.6 Å². The lowest BCUT2D eigenvalue weighted by atomic mass is 10.2. The Bertz CT molecular complexity index is 857. The summed E-state index contributed by atoms with van der Waals surface area (Å²) >= 11 is 6.00. The standard InChI is InChI=1S/C19H24ClNO5S/c1-14-11-16(7-8-19(14)27(2,23)24)26-13-15(22)12-21-9-10-25-18-6-4-3-5-17(18)20/h3-8,11,15,21-22H,9-10,12-13H2,1-2H3. The fraction of sp³-hybridized carbons (Fsp3) is 0.368. The van der Waals surface area contributed by atoms with Gasteiger partial charge >= 0.3 is 0 Å². The van der Waals surface area contributed by atoms with Crippen LogP contribution in [0.5, 0.6) is 11.5 Å². The van der Waals surface area contributed by atoms with Gasteiger partial charge in [0.2, 0.25) is 0 Å². The van der Waals surface area contributed by atoms with Gasteiger partial charge in [0.1, 0.15) is 30.8 Å². The first-order valence-electron chi connectivity index (χ1n) is 8.47. The van der Waals surface area contributed by atoms with Crippen LogP contribution in [0.1, 0.15) is 5.56 Å². The maximum atomic E-state index is 11.6. The number of para-hydroxylation sites is 1. The van der Waals surface area contributed by atoms with Crippen LogP contribution in [0.4, 0.5) is 0 Å². The topological polar surface area (TPSA) is 84.9 Å². The van der Waals surface area contributed by atoms with Crippen LogP contribution in [0, 0.1) is 6.92 Å². The molecule has 2 aromatic rings. The summed E-state index contributed by atoms with van der Waals surface area (Å²) in [7, 11) is -3.26. The van der Waals surface area contributed by atoms with Crippen LogP contribution in [0.25, 0.3) is 0 Å². The van der Waals surface area contributed by atoms with E-state index in [4.69, 9.17) is 21.1 Å². The Morgan fingerprint density at radius 2 is 1.93 bits per heavy atom. The summed E-state index contributed by atoms with van der Waals surface area (Å²) in [6.07, 6.45) is 0.459. The number of hydrogen-bond donors (Lipinski definition) is 2. The van der Waals surface area contributed by atoms with Crippen LogP contribution in [0.3, 0.4) is 0 Å². The van der Waals surface area contributed by atoms with Gasteiger partial charge in [0.15, 0.2) is 9.84 Å². The van der Waals surface area contributed by atoms with Gasteiger partial charge in [0.05, 0.1) is 9.92 Å². The molecule has 8 heteroatoms. The lowest BCUT2D eigenvalue weighted by Gasteiger charge is -2.14.